The van der Waals surface area contributed by atoms with Gasteiger partial charge in [-0.15, -0.1) is 6.58 Å². The van der Waals surface area contributed by atoms with Crippen LogP contribution in [-0.4, -0.2) is 34.8 Å². The van der Waals surface area contributed by atoms with E-state index in [0.29, 0.717) is 11.8 Å². The highest BCUT2D eigenvalue weighted by molar-refractivity contribution is 6.09. The summed E-state index contributed by atoms with van der Waals surface area (Å²) in [6, 6.07) is 9.80. The number of para-hydroxylation sites is 1. The fourth-order valence-electron chi connectivity index (χ4n) is 4.10. The zero-order valence-electron chi connectivity index (χ0n) is 12.6. The van der Waals surface area contributed by atoms with E-state index in [4.69, 9.17) is 0 Å². The van der Waals surface area contributed by atoms with Gasteiger partial charge < -0.3 is 0 Å². The van der Waals surface area contributed by atoms with Gasteiger partial charge in [-0.05, 0) is 43.4 Å². The number of carbonyl (C=O) groups excluding carboxylic acids is 1. The third-order valence-corrected chi connectivity index (χ3v) is 5.32. The van der Waals surface area contributed by atoms with E-state index in [1.807, 2.05) is 30.3 Å². The highest BCUT2D eigenvalue weighted by Crippen LogP contribution is 2.38. The molecular formula is C20H24N2O. The van der Waals surface area contributed by atoms with Crippen LogP contribution in [0.5, 0.6) is 0 Å². The van der Waals surface area contributed by atoms with Gasteiger partial charge in [-0.1, -0.05) is 31.7 Å². The number of aromatic nitrogens is 1. The standard InChI is InChI=1S/C19H20N2O.CH4/c1-2-13-12-21-10-8-14(13)11-18(21)19(22)16-7-9-20-17-6-4-3-5-15(16)17;/h2-7,9,13-14,18H,1,8,10-12H2;1H4. The summed E-state index contributed by atoms with van der Waals surface area (Å²) in [7, 11) is 0. The molecule has 4 unspecified atom stereocenters. The van der Waals surface area contributed by atoms with Crippen LogP contribution in [0.1, 0.15) is 30.6 Å². The molecule has 0 N–H and O–H groups in total. The van der Waals surface area contributed by atoms with Gasteiger partial charge in [0, 0.05) is 23.7 Å². The number of Topliss-reactive ketones (excluding diaryl/α,β-unsaturated/α-hetero) is 1. The monoisotopic (exact) mass is 308 g/mol. The van der Waals surface area contributed by atoms with Crippen LogP contribution in [0.3, 0.4) is 0 Å². The average Bonchev–Trinajstić information content (AvgIpc) is 2.60. The van der Waals surface area contributed by atoms with Gasteiger partial charge >= 0.3 is 0 Å². The minimum absolute atomic E-state index is 0. The predicted molar refractivity (Wildman–Crippen MR) is 94.6 cm³/mol. The Labute approximate surface area is 138 Å². The Morgan fingerprint density at radius 2 is 2.13 bits per heavy atom. The van der Waals surface area contributed by atoms with E-state index < -0.39 is 0 Å². The molecule has 2 aromatic rings. The maximum atomic E-state index is 13.1. The molecule has 3 saturated heterocycles. The van der Waals surface area contributed by atoms with E-state index in [-0.39, 0.29) is 19.3 Å². The first-order valence-corrected chi connectivity index (χ1v) is 8.02. The second kappa shape index (κ2) is 6.25. The number of fused-ring (bicyclic) bond motifs is 4. The largest absolute Gasteiger partial charge is 0.293 e. The lowest BCUT2D eigenvalue weighted by atomic mass is 9.74. The van der Waals surface area contributed by atoms with Crippen molar-refractivity contribution >= 4 is 16.7 Å². The summed E-state index contributed by atoms with van der Waals surface area (Å²) in [6.07, 6.45) is 5.97. The van der Waals surface area contributed by atoms with Gasteiger partial charge in [0.15, 0.2) is 5.78 Å². The Bertz CT molecular complexity index is 734. The lowest BCUT2D eigenvalue weighted by Gasteiger charge is -2.48. The maximum Gasteiger partial charge on any atom is 0.180 e. The molecule has 3 aliphatic heterocycles. The number of benzene rings is 1. The molecule has 1 aromatic heterocycles. The molecule has 0 aliphatic carbocycles. The number of rotatable bonds is 3. The van der Waals surface area contributed by atoms with Gasteiger partial charge in [0.05, 0.1) is 11.6 Å². The van der Waals surface area contributed by atoms with Crippen LogP contribution >= 0.6 is 0 Å². The molecule has 120 valence electrons. The van der Waals surface area contributed by atoms with Crippen molar-refractivity contribution < 1.29 is 4.79 Å². The van der Waals surface area contributed by atoms with Crippen LogP contribution in [0.4, 0.5) is 0 Å². The van der Waals surface area contributed by atoms with Crippen molar-refractivity contribution in [2.24, 2.45) is 11.8 Å². The Kier molecular flexibility index (Phi) is 4.31. The molecule has 2 bridgehead atoms. The first kappa shape index (κ1) is 15.9. The van der Waals surface area contributed by atoms with Crippen molar-refractivity contribution in [1.29, 1.82) is 0 Å². The number of piperidine rings is 3. The van der Waals surface area contributed by atoms with Gasteiger partial charge in [-0.25, -0.2) is 0 Å². The Hall–Kier alpha value is -2.00. The minimum Gasteiger partial charge on any atom is -0.293 e. The average molecular weight is 308 g/mol. The van der Waals surface area contributed by atoms with E-state index in [0.717, 1.165) is 36.0 Å². The van der Waals surface area contributed by atoms with Gasteiger partial charge in [-0.2, -0.15) is 0 Å². The van der Waals surface area contributed by atoms with Crippen LogP contribution in [0.2, 0.25) is 0 Å². The van der Waals surface area contributed by atoms with Crippen molar-refractivity contribution in [2.75, 3.05) is 13.1 Å². The molecule has 0 spiro atoms. The Morgan fingerprint density at radius 1 is 1.30 bits per heavy atom. The maximum absolute atomic E-state index is 13.1. The first-order valence-electron chi connectivity index (χ1n) is 8.02. The van der Waals surface area contributed by atoms with E-state index >= 15 is 0 Å². The summed E-state index contributed by atoms with van der Waals surface area (Å²) < 4.78 is 0. The quantitative estimate of drug-likeness (QED) is 0.636. The highest BCUT2D eigenvalue weighted by Gasteiger charge is 2.42. The molecule has 0 saturated carbocycles. The number of carbonyl (C=O) groups is 1. The number of pyridine rings is 1. The van der Waals surface area contributed by atoms with E-state index in [2.05, 4.69) is 22.5 Å². The second-order valence-electron chi connectivity index (χ2n) is 6.43. The molecule has 0 radical (unpaired) electrons. The SMILES string of the molecule is C.C=CC1CN2CCC1CC2C(=O)c1ccnc2ccccc12. The lowest BCUT2D eigenvalue weighted by molar-refractivity contribution is 0.0205. The topological polar surface area (TPSA) is 33.2 Å². The van der Waals surface area contributed by atoms with Crippen LogP contribution in [0, 0.1) is 11.8 Å². The summed E-state index contributed by atoms with van der Waals surface area (Å²) >= 11 is 0. The fraction of sp³-hybridized carbons (Fsp3) is 0.400. The molecule has 5 rings (SSSR count). The van der Waals surface area contributed by atoms with E-state index in [1.165, 1.54) is 6.42 Å². The number of hydrogen-bond donors (Lipinski definition) is 0. The summed E-state index contributed by atoms with van der Waals surface area (Å²) in [5.41, 5.74) is 1.71. The first-order chi connectivity index (χ1) is 10.8. The fourth-order valence-corrected chi connectivity index (χ4v) is 4.10. The molecule has 3 heteroatoms. The minimum atomic E-state index is 0. The van der Waals surface area contributed by atoms with E-state index in [1.54, 1.807) is 6.20 Å². The van der Waals surface area contributed by atoms with Crippen molar-refractivity contribution in [3.63, 3.8) is 0 Å². The van der Waals surface area contributed by atoms with Crippen LogP contribution in [0.25, 0.3) is 10.9 Å². The van der Waals surface area contributed by atoms with Crippen molar-refractivity contribution in [3.8, 4) is 0 Å². The summed E-state index contributed by atoms with van der Waals surface area (Å²) in [5.74, 6) is 1.42. The van der Waals surface area contributed by atoms with Gasteiger partial charge in [0.2, 0.25) is 0 Å². The molecule has 3 fully saturated rings. The van der Waals surface area contributed by atoms with Crippen LogP contribution in [-0.2, 0) is 0 Å². The Morgan fingerprint density at radius 3 is 2.87 bits per heavy atom. The number of hydrogen-bond acceptors (Lipinski definition) is 3. The highest BCUT2D eigenvalue weighted by atomic mass is 16.1. The van der Waals surface area contributed by atoms with Crippen molar-refractivity contribution in [2.45, 2.75) is 26.3 Å². The number of nitrogens with zero attached hydrogens (tertiary/aromatic N) is 2. The smallest absolute Gasteiger partial charge is 0.180 e. The zero-order valence-corrected chi connectivity index (χ0v) is 12.6. The summed E-state index contributed by atoms with van der Waals surface area (Å²) in [6.45, 7) is 5.97. The van der Waals surface area contributed by atoms with Gasteiger partial charge in [0.25, 0.3) is 0 Å². The summed E-state index contributed by atoms with van der Waals surface area (Å²) in [5, 5.41) is 0.970. The second-order valence-corrected chi connectivity index (χ2v) is 6.43. The normalized spacial score (nSPS) is 29.0. The van der Waals surface area contributed by atoms with E-state index in [9.17, 15) is 4.79 Å². The van der Waals surface area contributed by atoms with Crippen molar-refractivity contribution in [3.05, 3.63) is 54.7 Å². The molecule has 1 aromatic carbocycles. The van der Waals surface area contributed by atoms with Gasteiger partial charge in [-0.3, -0.25) is 14.7 Å². The summed E-state index contributed by atoms with van der Waals surface area (Å²) in [4.78, 5) is 19.8. The lowest BCUT2D eigenvalue weighted by Crippen LogP contribution is -2.55. The molecule has 23 heavy (non-hydrogen) atoms. The number of ketones is 1. The molecule has 3 nitrogen and oxygen atoms in total. The van der Waals surface area contributed by atoms with Crippen molar-refractivity contribution in [1.82, 2.24) is 9.88 Å². The molecule has 0 amide bonds. The molecule has 4 atom stereocenters. The van der Waals surface area contributed by atoms with Crippen LogP contribution < -0.4 is 0 Å². The predicted octanol–water partition coefficient (Wildman–Crippen LogP) is 3.95. The van der Waals surface area contributed by atoms with Gasteiger partial charge in [0.1, 0.15) is 0 Å². The third kappa shape index (κ3) is 2.59. The Balaban J connectivity index is 0.00000156. The molecule has 4 heterocycles. The third-order valence-electron chi connectivity index (χ3n) is 5.32. The zero-order chi connectivity index (χ0) is 15.1. The van der Waals surface area contributed by atoms with Crippen LogP contribution in [0.15, 0.2) is 49.2 Å². The molecule has 3 aliphatic rings. The molecular weight excluding hydrogens is 284 g/mol.